The molecule has 0 aromatic heterocycles. The molecule has 2 N–H and O–H groups in total. The van der Waals surface area contributed by atoms with Crippen molar-refractivity contribution in [3.05, 3.63) is 57.9 Å². The Hall–Kier alpha value is -1.58. The number of halogens is 2. The maximum atomic E-state index is 14.0. The largest absolute Gasteiger partial charge is 0.456 e. The summed E-state index contributed by atoms with van der Waals surface area (Å²) in [5, 5.41) is 0.660. The Balaban J connectivity index is 2.43. The van der Waals surface area contributed by atoms with Gasteiger partial charge in [-0.15, -0.1) is 0 Å². The number of aryl methyl sites for hydroxylation is 2. The van der Waals surface area contributed by atoms with Crippen LogP contribution in [0.3, 0.4) is 0 Å². The van der Waals surface area contributed by atoms with E-state index in [-0.39, 0.29) is 11.9 Å². The molecule has 0 aliphatic heterocycles. The number of hydrogen-bond donors (Lipinski definition) is 1. The van der Waals surface area contributed by atoms with E-state index < -0.39 is 0 Å². The molecule has 0 fully saturated rings. The van der Waals surface area contributed by atoms with Gasteiger partial charge in [0.25, 0.3) is 0 Å². The van der Waals surface area contributed by atoms with Crippen LogP contribution in [-0.2, 0) is 6.42 Å². The smallest absolute Gasteiger partial charge is 0.133 e. The molecule has 1 atom stereocenters. The molecule has 0 heterocycles. The lowest BCUT2D eigenvalue weighted by Gasteiger charge is -2.16. The molecule has 0 saturated heterocycles. The molecule has 0 spiro atoms. The van der Waals surface area contributed by atoms with E-state index in [1.807, 2.05) is 32.9 Å². The van der Waals surface area contributed by atoms with Gasteiger partial charge in [0.2, 0.25) is 0 Å². The molecule has 0 aliphatic carbocycles. The quantitative estimate of drug-likeness (QED) is 0.882. The Morgan fingerprint density at radius 1 is 1.24 bits per heavy atom. The topological polar surface area (TPSA) is 35.2 Å². The van der Waals surface area contributed by atoms with Gasteiger partial charge in [-0.05, 0) is 62.6 Å². The molecular formula is C17H19ClFNO. The van der Waals surface area contributed by atoms with Crippen LogP contribution >= 0.6 is 11.6 Å². The van der Waals surface area contributed by atoms with Crippen LogP contribution < -0.4 is 10.5 Å². The molecule has 2 aromatic carbocycles. The van der Waals surface area contributed by atoms with Crippen molar-refractivity contribution >= 4 is 11.6 Å². The summed E-state index contributed by atoms with van der Waals surface area (Å²) in [5.74, 6) is 0.908. The minimum absolute atomic E-state index is 0.142. The number of ether oxygens (including phenoxy) is 1. The van der Waals surface area contributed by atoms with Gasteiger partial charge in [-0.3, -0.25) is 0 Å². The maximum absolute atomic E-state index is 14.0. The average molecular weight is 308 g/mol. The van der Waals surface area contributed by atoms with Gasteiger partial charge in [-0.25, -0.2) is 4.39 Å². The van der Waals surface area contributed by atoms with Crippen LogP contribution in [-0.4, -0.2) is 6.04 Å². The lowest BCUT2D eigenvalue weighted by molar-refractivity contribution is 0.457. The first-order chi connectivity index (χ1) is 9.88. The maximum Gasteiger partial charge on any atom is 0.133 e. The molecule has 2 nitrogen and oxygen atoms in total. The standard InChI is InChI=1S/C17H19ClFNO/c1-10-7-13(18)8-11(2)17(10)21-16-6-4-5-15(19)14(16)9-12(3)20/h4-8,12H,9,20H2,1-3H3. The van der Waals surface area contributed by atoms with Crippen molar-refractivity contribution in [1.29, 1.82) is 0 Å². The fourth-order valence-electron chi connectivity index (χ4n) is 2.32. The summed E-state index contributed by atoms with van der Waals surface area (Å²) in [5.41, 5.74) is 8.12. The SMILES string of the molecule is Cc1cc(Cl)cc(C)c1Oc1cccc(F)c1CC(C)N. The molecule has 112 valence electrons. The molecule has 0 amide bonds. The van der Waals surface area contributed by atoms with Crippen LogP contribution in [0.4, 0.5) is 4.39 Å². The van der Waals surface area contributed by atoms with E-state index >= 15 is 0 Å². The number of rotatable bonds is 4. The third-order valence-electron chi connectivity index (χ3n) is 3.24. The van der Waals surface area contributed by atoms with Gasteiger partial charge in [0, 0.05) is 16.6 Å². The first-order valence-corrected chi connectivity index (χ1v) is 7.24. The van der Waals surface area contributed by atoms with Gasteiger partial charge < -0.3 is 10.5 Å². The van der Waals surface area contributed by atoms with Gasteiger partial charge in [-0.1, -0.05) is 17.7 Å². The summed E-state index contributed by atoms with van der Waals surface area (Å²) in [7, 11) is 0. The third kappa shape index (κ3) is 3.74. The minimum Gasteiger partial charge on any atom is -0.456 e. The Bertz CT molecular complexity index is 632. The lowest BCUT2D eigenvalue weighted by atomic mass is 10.1. The monoisotopic (exact) mass is 307 g/mol. The Labute approximate surface area is 129 Å². The summed E-state index contributed by atoms with van der Waals surface area (Å²) in [6.45, 7) is 5.67. The Kier molecular flexibility index (Phi) is 4.86. The van der Waals surface area contributed by atoms with Crippen LogP contribution in [0.15, 0.2) is 30.3 Å². The lowest BCUT2D eigenvalue weighted by Crippen LogP contribution is -2.19. The van der Waals surface area contributed by atoms with E-state index in [1.54, 1.807) is 12.1 Å². The molecule has 0 saturated carbocycles. The fourth-order valence-corrected chi connectivity index (χ4v) is 2.65. The second kappa shape index (κ2) is 6.46. The first kappa shape index (κ1) is 15.8. The third-order valence-corrected chi connectivity index (χ3v) is 3.46. The molecule has 0 bridgehead atoms. The molecule has 0 aliphatic rings. The van der Waals surface area contributed by atoms with Gasteiger partial charge in [0.1, 0.15) is 17.3 Å². The second-order valence-electron chi connectivity index (χ2n) is 5.37. The van der Waals surface area contributed by atoms with E-state index in [2.05, 4.69) is 0 Å². The number of benzene rings is 2. The summed E-state index contributed by atoms with van der Waals surface area (Å²) >= 11 is 6.02. The molecule has 1 unspecified atom stereocenters. The zero-order valence-corrected chi connectivity index (χ0v) is 13.2. The molecule has 4 heteroatoms. The van der Waals surface area contributed by atoms with Crippen LogP contribution in [0.1, 0.15) is 23.6 Å². The average Bonchev–Trinajstić information content (AvgIpc) is 2.37. The van der Waals surface area contributed by atoms with Crippen LogP contribution in [0.2, 0.25) is 5.02 Å². The molecule has 21 heavy (non-hydrogen) atoms. The summed E-state index contributed by atoms with van der Waals surface area (Å²) < 4.78 is 20.0. The van der Waals surface area contributed by atoms with Crippen molar-refractivity contribution in [2.75, 3.05) is 0 Å². The van der Waals surface area contributed by atoms with Crippen LogP contribution in [0.25, 0.3) is 0 Å². The van der Waals surface area contributed by atoms with Crippen molar-refractivity contribution in [1.82, 2.24) is 0 Å². The van der Waals surface area contributed by atoms with Gasteiger partial charge in [0.15, 0.2) is 0 Å². The fraction of sp³-hybridized carbons (Fsp3) is 0.294. The van der Waals surface area contributed by atoms with Crippen molar-refractivity contribution in [2.24, 2.45) is 5.73 Å². The highest BCUT2D eigenvalue weighted by Crippen LogP contribution is 2.34. The summed E-state index contributed by atoms with van der Waals surface area (Å²) in [4.78, 5) is 0. The van der Waals surface area contributed by atoms with Gasteiger partial charge in [0.05, 0.1) is 0 Å². The molecule has 0 radical (unpaired) electrons. The van der Waals surface area contributed by atoms with Crippen LogP contribution in [0, 0.1) is 19.7 Å². The van der Waals surface area contributed by atoms with Crippen molar-refractivity contribution in [2.45, 2.75) is 33.2 Å². The minimum atomic E-state index is -0.297. The predicted molar refractivity (Wildman–Crippen MR) is 84.8 cm³/mol. The highest BCUT2D eigenvalue weighted by Gasteiger charge is 2.14. The number of nitrogens with two attached hydrogens (primary N) is 1. The van der Waals surface area contributed by atoms with E-state index in [1.165, 1.54) is 6.07 Å². The summed E-state index contributed by atoms with van der Waals surface area (Å²) in [6.07, 6.45) is 0.424. The summed E-state index contributed by atoms with van der Waals surface area (Å²) in [6, 6.07) is 8.33. The van der Waals surface area contributed by atoms with Crippen LogP contribution in [0.5, 0.6) is 11.5 Å². The predicted octanol–water partition coefficient (Wildman–Crippen LogP) is 4.78. The molecule has 2 aromatic rings. The van der Waals surface area contributed by atoms with E-state index in [0.29, 0.717) is 28.5 Å². The van der Waals surface area contributed by atoms with Crippen molar-refractivity contribution in [3.63, 3.8) is 0 Å². The first-order valence-electron chi connectivity index (χ1n) is 6.86. The molecular weight excluding hydrogens is 289 g/mol. The molecule has 2 rings (SSSR count). The van der Waals surface area contributed by atoms with E-state index in [0.717, 1.165) is 11.1 Å². The number of hydrogen-bond acceptors (Lipinski definition) is 2. The van der Waals surface area contributed by atoms with Gasteiger partial charge in [-0.2, -0.15) is 0 Å². The zero-order valence-electron chi connectivity index (χ0n) is 12.4. The van der Waals surface area contributed by atoms with E-state index in [4.69, 9.17) is 22.1 Å². The van der Waals surface area contributed by atoms with Crippen molar-refractivity contribution < 1.29 is 9.13 Å². The van der Waals surface area contributed by atoms with Crippen molar-refractivity contribution in [3.8, 4) is 11.5 Å². The Morgan fingerprint density at radius 2 is 1.86 bits per heavy atom. The highest BCUT2D eigenvalue weighted by atomic mass is 35.5. The zero-order chi connectivity index (χ0) is 15.6. The highest BCUT2D eigenvalue weighted by molar-refractivity contribution is 6.30. The van der Waals surface area contributed by atoms with E-state index in [9.17, 15) is 4.39 Å². The normalized spacial score (nSPS) is 12.3. The Morgan fingerprint density at radius 3 is 2.43 bits per heavy atom. The van der Waals surface area contributed by atoms with Gasteiger partial charge >= 0.3 is 0 Å². The second-order valence-corrected chi connectivity index (χ2v) is 5.81.